The number of nitrogens with zero attached hydrogens (tertiary/aromatic N) is 9. The van der Waals surface area contributed by atoms with E-state index in [9.17, 15) is 28.8 Å². The number of benzene rings is 4. The van der Waals surface area contributed by atoms with Crippen LogP contribution in [0, 0.1) is 33.2 Å². The number of aliphatic imine (C=N–C) groups is 2. The number of carbonyl (C=O) groups excluding carboxylic acids is 4. The average molecular weight is 988 g/mol. The highest BCUT2D eigenvalue weighted by Crippen LogP contribution is 2.22. The largest absolute Gasteiger partial charge is 0.496 e. The quantitative estimate of drug-likeness (QED) is 0.0499. The lowest BCUT2D eigenvalue weighted by Crippen LogP contribution is -2.30. The van der Waals surface area contributed by atoms with Gasteiger partial charge in [0.25, 0.3) is 11.8 Å². The smallest absolute Gasteiger partial charge is 0.353 e. The Kier molecular flexibility index (Phi) is 22.5. The average Bonchev–Trinajstić information content (AvgIpc) is 4.05. The molecule has 0 saturated heterocycles. The molecule has 0 bridgehead atoms. The summed E-state index contributed by atoms with van der Waals surface area (Å²) in [6.07, 6.45) is 5.51. The standard InChI is InChI=1S/C14H14N6O3.2C10H11NO2.C10H12O3.C4H5N5O/c1-8-3-4-9(5-10(8)23-2)6-20-14(22)19-7-16-11(12(15)21)13(19)17-18-20;2*1-8-3-4-9(6-11-7-12)5-10(8)13-2;1-7-3-4-8(6-10(11)12)5-9(7)13-2;5-3(10)2-4(9-6)8-1-7-2/h3-5,7H,6H2,1-2H3,(H2,15,21);2*3-5H,6H2,1-2H3;3-5H,6H2,1-2H3,(H,11,12);1,6H,(H2,5,10)(H,7,8). The van der Waals surface area contributed by atoms with Gasteiger partial charge in [0, 0.05) is 0 Å². The van der Waals surface area contributed by atoms with Gasteiger partial charge in [-0.1, -0.05) is 53.7 Å². The number of ether oxygens (including phenoxy) is 4. The number of aromatic nitrogens is 7. The number of H-pyrrole nitrogens is 1. The van der Waals surface area contributed by atoms with Gasteiger partial charge in [-0.15, -0.1) is 10.2 Å². The molecule has 0 fully saturated rings. The van der Waals surface area contributed by atoms with Crippen LogP contribution in [0.2, 0.25) is 0 Å². The van der Waals surface area contributed by atoms with Crippen LogP contribution in [0.1, 0.15) is 65.5 Å². The Labute approximate surface area is 411 Å². The third kappa shape index (κ3) is 16.8. The summed E-state index contributed by atoms with van der Waals surface area (Å²) in [4.78, 5) is 81.0. The molecule has 3 aromatic heterocycles. The lowest BCUT2D eigenvalue weighted by molar-refractivity contribution is -0.136. The van der Waals surface area contributed by atoms with Gasteiger partial charge in [-0.2, -0.15) is 4.68 Å². The molecule has 0 atom stereocenters. The fourth-order valence-corrected chi connectivity index (χ4v) is 6.12. The lowest BCUT2D eigenvalue weighted by atomic mass is 10.1. The number of amides is 2. The number of nitrogens with one attached hydrogen (secondary N) is 2. The molecule has 0 spiro atoms. The number of carboxylic acids is 1. The van der Waals surface area contributed by atoms with E-state index in [1.54, 1.807) is 40.6 Å². The first kappa shape index (κ1) is 56.7. The highest BCUT2D eigenvalue weighted by Gasteiger charge is 2.16. The highest BCUT2D eigenvalue weighted by atomic mass is 16.5. The molecule has 24 nitrogen and oxygen atoms in total. The summed E-state index contributed by atoms with van der Waals surface area (Å²) < 4.78 is 22.9. The molecule has 4 aromatic carbocycles. The molecule has 3 heterocycles. The van der Waals surface area contributed by atoms with Gasteiger partial charge >= 0.3 is 11.7 Å². The molecule has 0 radical (unpaired) electrons. The minimum atomic E-state index is -0.828. The van der Waals surface area contributed by atoms with E-state index in [1.165, 1.54) is 29.5 Å². The minimum absolute atomic E-state index is 0.0208. The molecule has 24 heteroatoms. The number of primary amides is 2. The zero-order valence-electron chi connectivity index (χ0n) is 40.6. The molecule has 7 rings (SSSR count). The van der Waals surface area contributed by atoms with Crippen LogP contribution in [0.15, 0.2) is 105 Å². The fraction of sp³-hybridized carbons (Fsp3) is 0.250. The summed E-state index contributed by atoms with van der Waals surface area (Å²) >= 11 is 0. The first-order valence-corrected chi connectivity index (χ1v) is 21.1. The van der Waals surface area contributed by atoms with E-state index in [-0.39, 0.29) is 35.8 Å². The summed E-state index contributed by atoms with van der Waals surface area (Å²) in [6, 6.07) is 22.5. The Morgan fingerprint density at radius 3 is 1.54 bits per heavy atom. The minimum Gasteiger partial charge on any atom is -0.496 e. The van der Waals surface area contributed by atoms with Crippen LogP contribution >= 0.6 is 0 Å². The van der Waals surface area contributed by atoms with E-state index < -0.39 is 23.5 Å². The molecule has 0 aliphatic rings. The first-order chi connectivity index (χ1) is 34.4. The van der Waals surface area contributed by atoms with Crippen molar-refractivity contribution >= 4 is 41.4 Å². The number of rotatable bonds is 15. The van der Waals surface area contributed by atoms with Gasteiger partial charge < -0.3 is 40.5 Å². The number of aryl methyl sites for hydroxylation is 4. The van der Waals surface area contributed by atoms with Crippen molar-refractivity contribution in [2.24, 2.45) is 26.6 Å². The zero-order chi connectivity index (χ0) is 53.3. The molecule has 7 aromatic rings. The van der Waals surface area contributed by atoms with Crippen molar-refractivity contribution in [3.8, 4) is 23.0 Å². The van der Waals surface area contributed by atoms with Crippen molar-refractivity contribution in [2.75, 3.05) is 28.4 Å². The first-order valence-electron chi connectivity index (χ1n) is 21.1. The maximum absolute atomic E-state index is 12.4. The number of nitrogens with two attached hydrogens (primary N) is 2. The Balaban J connectivity index is 0.000000247. The van der Waals surface area contributed by atoms with Crippen LogP contribution < -0.4 is 36.1 Å². The molecule has 0 aliphatic carbocycles. The van der Waals surface area contributed by atoms with E-state index in [1.807, 2.05) is 88.4 Å². The van der Waals surface area contributed by atoms with Crippen molar-refractivity contribution in [2.45, 2.75) is 53.8 Å². The third-order valence-corrected chi connectivity index (χ3v) is 9.85. The SMILES string of the molecule is COc1cc(CC(=O)O)ccc1C.COc1cc(CN=C=O)ccc1C.COc1cc(CN=C=O)ccc1C.COc1cc(Cn2nnc3c(C(N)=O)ncn3c2=O)ccc1C.N=Nc1nc[nH]c1C(N)=O. The van der Waals surface area contributed by atoms with Crippen LogP contribution in [0.3, 0.4) is 0 Å². The topological polar surface area (TPSA) is 349 Å². The summed E-state index contributed by atoms with van der Waals surface area (Å²) in [5.74, 6) is 0.864. The summed E-state index contributed by atoms with van der Waals surface area (Å²) in [5, 5.41) is 19.2. The van der Waals surface area contributed by atoms with Crippen LogP contribution in [0.25, 0.3) is 5.65 Å². The Morgan fingerprint density at radius 2 is 1.14 bits per heavy atom. The lowest BCUT2D eigenvalue weighted by Gasteiger charge is -2.08. The second-order valence-corrected chi connectivity index (χ2v) is 14.9. The van der Waals surface area contributed by atoms with Crippen molar-refractivity contribution in [3.05, 3.63) is 152 Å². The van der Waals surface area contributed by atoms with Gasteiger partial charge in [-0.05, 0) is 96.5 Å². The maximum atomic E-state index is 12.4. The van der Waals surface area contributed by atoms with Crippen molar-refractivity contribution in [3.63, 3.8) is 0 Å². The van der Waals surface area contributed by atoms with Gasteiger partial charge in [0.15, 0.2) is 17.0 Å². The summed E-state index contributed by atoms with van der Waals surface area (Å²) in [7, 11) is 6.40. The summed E-state index contributed by atoms with van der Waals surface area (Å²) in [6.45, 7) is 8.71. The molecule has 0 unspecified atom stereocenters. The molecule has 2 amide bonds. The fourth-order valence-electron chi connectivity index (χ4n) is 6.12. The summed E-state index contributed by atoms with van der Waals surface area (Å²) in [5.41, 5.74) is 23.8. The number of carboxylic acid groups (broad SMARTS) is 1. The number of carbonyl (C=O) groups is 3. The zero-order valence-corrected chi connectivity index (χ0v) is 40.6. The molecular weight excluding hydrogens is 935 g/mol. The van der Waals surface area contributed by atoms with E-state index in [0.717, 1.165) is 71.9 Å². The Bertz CT molecular complexity index is 3010. The van der Waals surface area contributed by atoms with Crippen molar-refractivity contribution < 1.29 is 48.0 Å². The predicted octanol–water partition coefficient (Wildman–Crippen LogP) is 5.23. The van der Waals surface area contributed by atoms with Crippen molar-refractivity contribution in [1.29, 1.82) is 5.53 Å². The number of aliphatic carboxylic acids is 1. The van der Waals surface area contributed by atoms with Crippen LogP contribution in [-0.4, -0.2) is 97.8 Å². The van der Waals surface area contributed by atoms with Gasteiger partial charge in [0.1, 0.15) is 29.3 Å². The molecule has 0 saturated carbocycles. The number of hydrogen-bond acceptors (Lipinski definition) is 18. The van der Waals surface area contributed by atoms with Crippen molar-refractivity contribution in [1.82, 2.24) is 34.3 Å². The van der Waals surface area contributed by atoms with Crippen LogP contribution in [-0.2, 0) is 40.4 Å². The van der Waals surface area contributed by atoms with Crippen LogP contribution in [0.5, 0.6) is 23.0 Å². The highest BCUT2D eigenvalue weighted by molar-refractivity contribution is 5.96. The maximum Gasteiger partial charge on any atom is 0.353 e. The van der Waals surface area contributed by atoms with Gasteiger partial charge in [0.05, 0.1) is 60.8 Å². The normalized spacial score (nSPS) is 9.78. The van der Waals surface area contributed by atoms with Gasteiger partial charge in [-0.25, -0.2) is 44.3 Å². The van der Waals surface area contributed by atoms with E-state index in [0.29, 0.717) is 13.1 Å². The molecule has 376 valence electrons. The Morgan fingerprint density at radius 1 is 0.694 bits per heavy atom. The van der Waals surface area contributed by atoms with E-state index in [4.69, 9.17) is 41.1 Å². The number of fused-ring (bicyclic) bond motifs is 1. The number of aromatic amines is 1. The molecular formula is C48H53N13O11. The number of imidazole rings is 2. The predicted molar refractivity (Wildman–Crippen MR) is 260 cm³/mol. The Hall–Kier alpha value is -9.66. The van der Waals surface area contributed by atoms with E-state index >= 15 is 0 Å². The number of methoxy groups -OCH3 is 4. The van der Waals surface area contributed by atoms with Gasteiger partial charge in [0.2, 0.25) is 18.0 Å². The number of hydrogen-bond donors (Lipinski definition) is 5. The number of isocyanates is 2. The second-order valence-electron chi connectivity index (χ2n) is 14.9. The second kappa shape index (κ2) is 28.6. The van der Waals surface area contributed by atoms with Gasteiger partial charge in [-0.3, -0.25) is 14.4 Å². The molecule has 0 aliphatic heterocycles. The monoisotopic (exact) mass is 987 g/mol. The molecule has 7 N–H and O–H groups in total. The van der Waals surface area contributed by atoms with E-state index in [2.05, 4.69) is 40.4 Å². The third-order valence-electron chi connectivity index (χ3n) is 9.85. The molecule has 72 heavy (non-hydrogen) atoms. The van der Waals surface area contributed by atoms with Crippen LogP contribution in [0.4, 0.5) is 5.82 Å².